The van der Waals surface area contributed by atoms with Gasteiger partial charge in [0.1, 0.15) is 11.0 Å². The van der Waals surface area contributed by atoms with Crippen molar-refractivity contribution in [2.45, 2.75) is 38.5 Å². The van der Waals surface area contributed by atoms with Crippen molar-refractivity contribution in [3.8, 4) is 0 Å². The Labute approximate surface area is 120 Å². The summed E-state index contributed by atoms with van der Waals surface area (Å²) in [4.78, 5) is 29.6. The average Bonchev–Trinajstić information content (AvgIpc) is 2.95. The minimum absolute atomic E-state index is 0.0341. The fourth-order valence-corrected chi connectivity index (χ4v) is 2.95. The largest absolute Gasteiger partial charge is 0.480 e. The van der Waals surface area contributed by atoms with Crippen LogP contribution in [0.3, 0.4) is 0 Å². The maximum Gasteiger partial charge on any atom is 0.326 e. The molecule has 2 rings (SSSR count). The van der Waals surface area contributed by atoms with Crippen molar-refractivity contribution < 1.29 is 19.8 Å². The molecule has 2 heterocycles. The Balaban J connectivity index is 2.02. The zero-order valence-corrected chi connectivity index (χ0v) is 12.1. The average molecular weight is 299 g/mol. The van der Waals surface area contributed by atoms with Gasteiger partial charge in [0.15, 0.2) is 0 Å². The van der Waals surface area contributed by atoms with Gasteiger partial charge in [0.05, 0.1) is 12.1 Å². The molecule has 3 atom stereocenters. The van der Waals surface area contributed by atoms with E-state index in [2.05, 4.69) is 10.3 Å². The first kappa shape index (κ1) is 14.7. The summed E-state index contributed by atoms with van der Waals surface area (Å²) in [5, 5.41) is 22.1. The SMILES string of the molecule is Cc1cnc(C(C)NC(=O)N2C[C@H](O)C[C@H]2C(=O)O)s1. The number of carboxylic acids is 1. The second kappa shape index (κ2) is 5.76. The van der Waals surface area contributed by atoms with E-state index in [1.165, 1.54) is 11.3 Å². The van der Waals surface area contributed by atoms with Crippen molar-refractivity contribution in [2.24, 2.45) is 0 Å². The van der Waals surface area contributed by atoms with Crippen molar-refractivity contribution in [1.82, 2.24) is 15.2 Å². The molecule has 8 heteroatoms. The second-order valence-electron chi connectivity index (χ2n) is 4.88. The number of amides is 2. The van der Waals surface area contributed by atoms with Crippen LogP contribution in [0.25, 0.3) is 0 Å². The predicted octanol–water partition coefficient (Wildman–Crippen LogP) is 0.742. The summed E-state index contributed by atoms with van der Waals surface area (Å²) >= 11 is 1.48. The van der Waals surface area contributed by atoms with Gasteiger partial charge in [-0.05, 0) is 13.8 Å². The molecule has 0 aromatic carbocycles. The van der Waals surface area contributed by atoms with Crippen LogP contribution in [0.1, 0.15) is 29.3 Å². The van der Waals surface area contributed by atoms with Gasteiger partial charge < -0.3 is 20.4 Å². The number of carbonyl (C=O) groups excluding carboxylic acids is 1. The topological polar surface area (TPSA) is 103 Å². The molecular weight excluding hydrogens is 282 g/mol. The van der Waals surface area contributed by atoms with Crippen molar-refractivity contribution >= 4 is 23.3 Å². The van der Waals surface area contributed by atoms with Crippen LogP contribution in [0.2, 0.25) is 0 Å². The standard InChI is InChI=1S/C12H17N3O4S/c1-6-4-13-10(20-6)7(2)14-12(19)15-5-8(16)3-9(15)11(17)18/h4,7-9,16H,3,5H2,1-2H3,(H,14,19)(H,17,18)/t7?,8-,9+/m1/s1. The monoisotopic (exact) mass is 299 g/mol. The number of aliphatic carboxylic acids is 1. The molecule has 1 unspecified atom stereocenters. The highest BCUT2D eigenvalue weighted by molar-refractivity contribution is 7.11. The number of aromatic nitrogens is 1. The third-order valence-corrected chi connectivity index (χ3v) is 4.27. The third-order valence-electron chi connectivity index (χ3n) is 3.17. The molecule has 1 fully saturated rings. The van der Waals surface area contributed by atoms with E-state index in [9.17, 15) is 14.7 Å². The van der Waals surface area contributed by atoms with E-state index in [0.717, 1.165) is 14.8 Å². The van der Waals surface area contributed by atoms with Gasteiger partial charge in [-0.1, -0.05) is 0 Å². The molecule has 7 nitrogen and oxygen atoms in total. The summed E-state index contributed by atoms with van der Waals surface area (Å²) in [5.41, 5.74) is 0. The fraction of sp³-hybridized carbons (Fsp3) is 0.583. The number of thiazole rings is 1. The van der Waals surface area contributed by atoms with Crippen LogP contribution >= 0.6 is 11.3 Å². The van der Waals surface area contributed by atoms with E-state index in [1.54, 1.807) is 13.1 Å². The highest BCUT2D eigenvalue weighted by Crippen LogP contribution is 2.22. The molecule has 0 aliphatic carbocycles. The Morgan fingerprint density at radius 3 is 2.85 bits per heavy atom. The van der Waals surface area contributed by atoms with Crippen molar-refractivity contribution in [1.29, 1.82) is 0 Å². The second-order valence-corrected chi connectivity index (χ2v) is 6.14. The lowest BCUT2D eigenvalue weighted by Crippen LogP contribution is -2.46. The van der Waals surface area contributed by atoms with Gasteiger partial charge in [-0.3, -0.25) is 0 Å². The van der Waals surface area contributed by atoms with Crippen molar-refractivity contribution in [3.05, 3.63) is 16.1 Å². The number of nitrogens with one attached hydrogen (secondary N) is 1. The summed E-state index contributed by atoms with van der Waals surface area (Å²) < 4.78 is 0. The van der Waals surface area contributed by atoms with Crippen LogP contribution in [-0.4, -0.2) is 50.8 Å². The lowest BCUT2D eigenvalue weighted by atomic mass is 10.2. The van der Waals surface area contributed by atoms with E-state index < -0.39 is 24.1 Å². The Kier molecular flexibility index (Phi) is 4.24. The first-order valence-electron chi connectivity index (χ1n) is 6.28. The minimum atomic E-state index is -1.10. The first-order chi connectivity index (χ1) is 9.38. The fourth-order valence-electron chi connectivity index (χ4n) is 2.17. The molecule has 1 aromatic heterocycles. The molecule has 20 heavy (non-hydrogen) atoms. The number of β-amino-alcohol motifs (C(OH)–C–C–N with tert-alkyl or cyclic N) is 1. The molecule has 0 spiro atoms. The van der Waals surface area contributed by atoms with Gasteiger partial charge in [0.2, 0.25) is 0 Å². The number of carbonyl (C=O) groups is 2. The Morgan fingerprint density at radius 2 is 2.30 bits per heavy atom. The quantitative estimate of drug-likeness (QED) is 0.764. The Bertz CT molecular complexity index is 519. The van der Waals surface area contributed by atoms with E-state index in [4.69, 9.17) is 5.11 Å². The summed E-state index contributed by atoms with van der Waals surface area (Å²) in [6.45, 7) is 3.75. The van der Waals surface area contributed by atoms with Crippen LogP contribution in [0.5, 0.6) is 0 Å². The molecule has 1 aromatic rings. The molecule has 1 aliphatic rings. The number of aryl methyl sites for hydroxylation is 1. The van der Waals surface area contributed by atoms with Crippen molar-refractivity contribution in [3.63, 3.8) is 0 Å². The van der Waals surface area contributed by atoms with Gasteiger partial charge in [-0.2, -0.15) is 0 Å². The van der Waals surface area contributed by atoms with Crippen LogP contribution in [0.15, 0.2) is 6.20 Å². The zero-order valence-electron chi connectivity index (χ0n) is 11.2. The number of aliphatic hydroxyl groups is 1. The van der Waals surface area contributed by atoms with E-state index in [0.29, 0.717) is 0 Å². The normalized spacial score (nSPS) is 23.6. The summed E-state index contributed by atoms with van der Waals surface area (Å²) in [6, 6.07) is -1.77. The number of rotatable bonds is 3. The molecule has 0 radical (unpaired) electrons. The molecular formula is C12H17N3O4S. The number of carboxylic acid groups (broad SMARTS) is 1. The maximum absolute atomic E-state index is 12.1. The summed E-state index contributed by atoms with van der Waals surface area (Å²) in [5.74, 6) is -1.10. The lowest BCUT2D eigenvalue weighted by molar-refractivity contribution is -0.141. The number of urea groups is 1. The van der Waals surface area contributed by atoms with Gasteiger partial charge in [0, 0.05) is 24.0 Å². The van der Waals surface area contributed by atoms with Crippen LogP contribution in [0.4, 0.5) is 4.79 Å². The van der Waals surface area contributed by atoms with Crippen molar-refractivity contribution in [2.75, 3.05) is 6.54 Å². The number of hydrogen-bond donors (Lipinski definition) is 3. The lowest BCUT2D eigenvalue weighted by Gasteiger charge is -2.23. The van der Waals surface area contributed by atoms with Gasteiger partial charge in [-0.15, -0.1) is 11.3 Å². The van der Waals surface area contributed by atoms with Crippen LogP contribution < -0.4 is 5.32 Å². The number of aliphatic hydroxyl groups excluding tert-OH is 1. The maximum atomic E-state index is 12.1. The molecule has 1 aliphatic heterocycles. The molecule has 110 valence electrons. The highest BCUT2D eigenvalue weighted by atomic mass is 32.1. The van der Waals surface area contributed by atoms with Gasteiger partial charge in [-0.25, -0.2) is 14.6 Å². The first-order valence-corrected chi connectivity index (χ1v) is 7.10. The number of nitrogens with zero attached hydrogens (tertiary/aromatic N) is 2. The summed E-state index contributed by atoms with van der Waals surface area (Å²) in [7, 11) is 0. The molecule has 2 amide bonds. The van der Waals surface area contributed by atoms with Crippen LogP contribution in [-0.2, 0) is 4.79 Å². The van der Waals surface area contributed by atoms with E-state index in [1.807, 2.05) is 6.92 Å². The van der Waals surface area contributed by atoms with Gasteiger partial charge >= 0.3 is 12.0 Å². The Morgan fingerprint density at radius 1 is 1.60 bits per heavy atom. The minimum Gasteiger partial charge on any atom is -0.480 e. The van der Waals surface area contributed by atoms with Gasteiger partial charge in [0.25, 0.3) is 0 Å². The molecule has 0 saturated carbocycles. The van der Waals surface area contributed by atoms with Crippen LogP contribution in [0, 0.1) is 6.92 Å². The predicted molar refractivity (Wildman–Crippen MR) is 72.6 cm³/mol. The van der Waals surface area contributed by atoms with E-state index >= 15 is 0 Å². The smallest absolute Gasteiger partial charge is 0.326 e. The summed E-state index contributed by atoms with van der Waals surface area (Å²) in [6.07, 6.45) is 0.995. The number of hydrogen-bond acceptors (Lipinski definition) is 5. The number of likely N-dealkylation sites (tertiary alicyclic amines) is 1. The molecule has 1 saturated heterocycles. The zero-order chi connectivity index (χ0) is 14.9. The molecule has 0 bridgehead atoms. The third kappa shape index (κ3) is 3.07. The highest BCUT2D eigenvalue weighted by Gasteiger charge is 2.39. The Hall–Kier alpha value is -1.67. The van der Waals surface area contributed by atoms with E-state index in [-0.39, 0.29) is 19.0 Å². The molecule has 3 N–H and O–H groups in total.